The van der Waals surface area contributed by atoms with Gasteiger partial charge in [0.2, 0.25) is 11.9 Å². The summed E-state index contributed by atoms with van der Waals surface area (Å²) in [4.78, 5) is 51.6. The van der Waals surface area contributed by atoms with Crippen LogP contribution >= 0.6 is 23.2 Å². The number of nitrogen functional groups attached to an aromatic ring is 1. The standard InChI is InChI=1S/C31H28Cl2FN7O7S/c1-30(14-17-5-7-18(35)8-6-17)28(44)40(19-12-20(32)25(34)21(33)13-19)29-37-15-23(41(29)30)27(43)38-22(16-48-49(45,46)47)26(42)39-31(9-10-31)24-4-2-3-11-36-24/h2-8,11-13,15,22H,9-10,14,16,35H2,1H3,(H,38,43)(H,39,42)(H,45,46,47)/t22-,30+/m0/s1. The van der Waals surface area contributed by atoms with Crippen molar-refractivity contribution in [3.63, 3.8) is 0 Å². The maximum Gasteiger partial charge on any atom is 0.397 e. The molecular formula is C31H28Cl2FN7O7S. The molecular weight excluding hydrogens is 704 g/mol. The van der Waals surface area contributed by atoms with Crippen LogP contribution in [0.2, 0.25) is 10.0 Å². The Morgan fingerprint density at radius 3 is 2.39 bits per heavy atom. The molecule has 1 aliphatic carbocycles. The molecule has 2 aliphatic rings. The molecule has 14 nitrogen and oxygen atoms in total. The molecule has 256 valence electrons. The molecule has 2 aromatic carbocycles. The fraction of sp³-hybridized carbons (Fsp3) is 0.258. The van der Waals surface area contributed by atoms with Crippen LogP contribution in [0.3, 0.4) is 0 Å². The Hall–Kier alpha value is -4.61. The molecule has 0 unspecified atom stereocenters. The third-order valence-electron chi connectivity index (χ3n) is 8.36. The predicted octanol–water partition coefficient (Wildman–Crippen LogP) is 3.67. The minimum Gasteiger partial charge on any atom is -0.399 e. The maximum atomic E-state index is 14.3. The summed E-state index contributed by atoms with van der Waals surface area (Å²) >= 11 is 12.1. The zero-order valence-corrected chi connectivity index (χ0v) is 27.9. The van der Waals surface area contributed by atoms with E-state index in [4.69, 9.17) is 28.9 Å². The lowest BCUT2D eigenvalue weighted by atomic mass is 9.91. The molecule has 1 saturated carbocycles. The highest BCUT2D eigenvalue weighted by molar-refractivity contribution is 7.80. The molecule has 3 heterocycles. The summed E-state index contributed by atoms with van der Waals surface area (Å²) in [7, 11) is -5.01. The summed E-state index contributed by atoms with van der Waals surface area (Å²) in [6.45, 7) is 0.603. The summed E-state index contributed by atoms with van der Waals surface area (Å²) < 4.78 is 52.4. The van der Waals surface area contributed by atoms with Crippen LogP contribution in [-0.2, 0) is 41.7 Å². The van der Waals surface area contributed by atoms with Gasteiger partial charge in [0.1, 0.15) is 17.3 Å². The van der Waals surface area contributed by atoms with Crippen molar-refractivity contribution in [2.24, 2.45) is 0 Å². The van der Waals surface area contributed by atoms with Crippen molar-refractivity contribution >= 4 is 68.6 Å². The van der Waals surface area contributed by atoms with E-state index in [1.165, 1.54) is 16.7 Å². The van der Waals surface area contributed by atoms with E-state index < -0.39 is 57.7 Å². The number of anilines is 3. The number of hydrogen-bond acceptors (Lipinski definition) is 9. The van der Waals surface area contributed by atoms with Crippen molar-refractivity contribution in [1.82, 2.24) is 25.2 Å². The average Bonchev–Trinajstić information content (AvgIpc) is 3.64. The van der Waals surface area contributed by atoms with Gasteiger partial charge in [0.05, 0.1) is 39.8 Å². The molecule has 3 amide bonds. The quantitative estimate of drug-likeness (QED) is 0.100. The van der Waals surface area contributed by atoms with Crippen molar-refractivity contribution in [1.29, 1.82) is 0 Å². The van der Waals surface area contributed by atoms with Crippen LogP contribution in [-0.4, -0.2) is 57.9 Å². The van der Waals surface area contributed by atoms with E-state index in [-0.39, 0.29) is 33.8 Å². The van der Waals surface area contributed by atoms with Crippen molar-refractivity contribution in [2.45, 2.75) is 43.3 Å². The number of fused-ring (bicyclic) bond motifs is 1. The van der Waals surface area contributed by atoms with E-state index in [0.29, 0.717) is 29.8 Å². The summed E-state index contributed by atoms with van der Waals surface area (Å²) in [6.07, 6.45) is 3.81. The Morgan fingerprint density at radius 1 is 1.12 bits per heavy atom. The third kappa shape index (κ3) is 6.69. The minimum absolute atomic E-state index is 0.0251. The van der Waals surface area contributed by atoms with E-state index in [2.05, 4.69) is 24.8 Å². The molecule has 18 heteroatoms. The van der Waals surface area contributed by atoms with Crippen LogP contribution < -0.4 is 21.3 Å². The summed E-state index contributed by atoms with van der Waals surface area (Å²) in [5, 5.41) is 4.55. The number of pyridine rings is 1. The summed E-state index contributed by atoms with van der Waals surface area (Å²) in [6, 6.07) is 12.6. The average molecular weight is 733 g/mol. The largest absolute Gasteiger partial charge is 0.399 e. The number of halogens is 3. The molecule has 49 heavy (non-hydrogen) atoms. The Bertz CT molecular complexity index is 2060. The molecule has 0 bridgehead atoms. The number of aromatic nitrogens is 3. The van der Waals surface area contributed by atoms with Crippen molar-refractivity contribution in [3.8, 4) is 0 Å². The SMILES string of the molecule is C[C@@]1(Cc2ccc(N)cc2)C(=O)N(c2cc(Cl)c(F)c(Cl)c2)c2ncc(C(=O)N[C@@H](COS(=O)(=O)O)C(=O)NC3(c4ccccn4)CC3)n21. The van der Waals surface area contributed by atoms with Crippen molar-refractivity contribution in [2.75, 3.05) is 17.2 Å². The maximum absolute atomic E-state index is 14.3. The third-order valence-corrected chi connectivity index (χ3v) is 9.35. The number of benzene rings is 2. The topological polar surface area (TPSA) is 199 Å². The van der Waals surface area contributed by atoms with Crippen LogP contribution in [0.4, 0.5) is 21.7 Å². The number of rotatable bonds is 11. The number of nitrogens with one attached hydrogen (secondary N) is 2. The molecule has 2 aromatic heterocycles. The number of carbonyl (C=O) groups is 3. The Kier molecular flexibility index (Phi) is 8.87. The van der Waals surface area contributed by atoms with E-state index in [1.807, 2.05) is 0 Å². The first-order chi connectivity index (χ1) is 23.1. The normalized spacial score (nSPS) is 18.6. The smallest absolute Gasteiger partial charge is 0.397 e. The molecule has 0 spiro atoms. The molecule has 2 atom stereocenters. The zero-order chi connectivity index (χ0) is 35.3. The van der Waals surface area contributed by atoms with E-state index in [9.17, 15) is 31.7 Å². The first-order valence-corrected chi connectivity index (χ1v) is 16.8. The van der Waals surface area contributed by atoms with Crippen molar-refractivity contribution in [3.05, 3.63) is 99.8 Å². The van der Waals surface area contributed by atoms with Crippen molar-refractivity contribution < 1.29 is 35.9 Å². The highest BCUT2D eigenvalue weighted by Gasteiger charge is 2.52. The number of nitrogens with two attached hydrogens (primary N) is 1. The van der Waals surface area contributed by atoms with E-state index in [1.54, 1.807) is 55.6 Å². The number of carbonyl (C=O) groups excluding carboxylic acids is 3. The van der Waals surface area contributed by atoms with Gasteiger partial charge < -0.3 is 16.4 Å². The van der Waals surface area contributed by atoms with Gasteiger partial charge in [-0.1, -0.05) is 41.4 Å². The van der Waals surface area contributed by atoms with Crippen LogP contribution in [0.1, 0.15) is 41.5 Å². The van der Waals surface area contributed by atoms with Crippen LogP contribution in [0.15, 0.2) is 67.0 Å². The van der Waals surface area contributed by atoms with Crippen LogP contribution in [0, 0.1) is 5.82 Å². The second kappa shape index (κ2) is 12.7. The van der Waals surface area contributed by atoms with E-state index >= 15 is 0 Å². The fourth-order valence-electron chi connectivity index (χ4n) is 5.77. The van der Waals surface area contributed by atoms with Gasteiger partial charge in [-0.3, -0.25) is 28.5 Å². The second-order valence-electron chi connectivity index (χ2n) is 11.9. The monoisotopic (exact) mass is 731 g/mol. The summed E-state index contributed by atoms with van der Waals surface area (Å²) in [5.74, 6) is -3.27. The lowest BCUT2D eigenvalue weighted by Gasteiger charge is -2.27. The Morgan fingerprint density at radius 2 is 1.80 bits per heavy atom. The first-order valence-electron chi connectivity index (χ1n) is 14.7. The lowest BCUT2D eigenvalue weighted by Crippen LogP contribution is -2.53. The van der Waals surface area contributed by atoms with Crippen LogP contribution in [0.25, 0.3) is 0 Å². The van der Waals surface area contributed by atoms with Gasteiger partial charge in [-0.15, -0.1) is 0 Å². The molecule has 1 aliphatic heterocycles. The molecule has 5 N–H and O–H groups in total. The van der Waals surface area contributed by atoms with Gasteiger partial charge >= 0.3 is 10.4 Å². The second-order valence-corrected chi connectivity index (χ2v) is 13.8. The zero-order valence-electron chi connectivity index (χ0n) is 25.6. The highest BCUT2D eigenvalue weighted by Crippen LogP contribution is 2.45. The highest BCUT2D eigenvalue weighted by atomic mass is 35.5. The predicted molar refractivity (Wildman–Crippen MR) is 176 cm³/mol. The fourth-order valence-corrected chi connectivity index (χ4v) is 6.56. The minimum atomic E-state index is -5.01. The number of hydrogen-bond donors (Lipinski definition) is 4. The number of imidazole rings is 1. The van der Waals surface area contributed by atoms with Crippen LogP contribution in [0.5, 0.6) is 0 Å². The number of nitrogens with zero attached hydrogens (tertiary/aromatic N) is 4. The van der Waals surface area contributed by atoms with Gasteiger partial charge in [0.15, 0.2) is 5.82 Å². The summed E-state index contributed by atoms with van der Waals surface area (Å²) in [5.41, 5.74) is 5.06. The molecule has 6 rings (SSSR count). The van der Waals surface area contributed by atoms with Gasteiger partial charge in [-0.05, 0) is 61.7 Å². The molecule has 4 aromatic rings. The number of amides is 3. The van der Waals surface area contributed by atoms with Gasteiger partial charge in [-0.25, -0.2) is 18.5 Å². The first kappa shape index (κ1) is 34.3. The lowest BCUT2D eigenvalue weighted by molar-refractivity contribution is -0.125. The van der Waals surface area contributed by atoms with Gasteiger partial charge in [0.25, 0.3) is 11.8 Å². The molecule has 0 saturated heterocycles. The van der Waals surface area contributed by atoms with Gasteiger partial charge in [0, 0.05) is 18.3 Å². The molecule has 0 radical (unpaired) electrons. The molecule has 1 fully saturated rings. The van der Waals surface area contributed by atoms with Gasteiger partial charge in [-0.2, -0.15) is 8.42 Å². The Balaban J connectivity index is 1.37. The Labute approximate surface area is 289 Å². The van der Waals surface area contributed by atoms with E-state index in [0.717, 1.165) is 11.1 Å².